The molecule has 0 bridgehead atoms. The van der Waals surface area contributed by atoms with E-state index >= 15 is 0 Å². The Morgan fingerprint density at radius 3 is 2.56 bits per heavy atom. The molecule has 0 atom stereocenters. The van der Waals surface area contributed by atoms with E-state index in [0.29, 0.717) is 22.6 Å². The number of thioether (sulfide) groups is 1. The van der Waals surface area contributed by atoms with Crippen molar-refractivity contribution in [3.05, 3.63) is 36.1 Å². The Morgan fingerprint density at radius 1 is 1.22 bits per heavy atom. The number of nitrogens with zero attached hydrogens (tertiary/aromatic N) is 2. The molecule has 4 nitrogen and oxygen atoms in total. The van der Waals surface area contributed by atoms with Crippen molar-refractivity contribution >= 4 is 17.6 Å². The second kappa shape index (κ2) is 5.68. The molecule has 0 spiro atoms. The van der Waals surface area contributed by atoms with Crippen molar-refractivity contribution in [2.24, 2.45) is 0 Å². The lowest BCUT2D eigenvalue weighted by Gasteiger charge is -2.07. The summed E-state index contributed by atoms with van der Waals surface area (Å²) in [5.41, 5.74) is 0. The van der Waals surface area contributed by atoms with Gasteiger partial charge in [0.15, 0.2) is 5.16 Å². The van der Waals surface area contributed by atoms with Crippen molar-refractivity contribution in [3.8, 4) is 11.6 Å². The molecule has 0 aliphatic rings. The van der Waals surface area contributed by atoms with Crippen LogP contribution in [0.15, 0.2) is 35.5 Å². The Bertz CT molecular complexity index is 511. The fraction of sp³-hybridized carbons (Fsp3) is 0.167. The van der Waals surface area contributed by atoms with E-state index in [0.717, 1.165) is 0 Å². The number of benzene rings is 1. The summed E-state index contributed by atoms with van der Waals surface area (Å²) in [4.78, 5) is 8.44. The Morgan fingerprint density at radius 2 is 1.94 bits per heavy atom. The number of ether oxygens (including phenoxy) is 1. The van der Waals surface area contributed by atoms with Crippen LogP contribution in [0.4, 0.5) is 10.2 Å². The first-order valence-electron chi connectivity index (χ1n) is 5.25. The second-order valence-corrected chi connectivity index (χ2v) is 4.16. The van der Waals surface area contributed by atoms with Crippen molar-refractivity contribution in [2.45, 2.75) is 5.16 Å². The molecule has 0 unspecified atom stereocenters. The van der Waals surface area contributed by atoms with Gasteiger partial charge in [0.25, 0.3) is 0 Å². The average molecular weight is 265 g/mol. The summed E-state index contributed by atoms with van der Waals surface area (Å²) < 4.78 is 18.3. The lowest BCUT2D eigenvalue weighted by molar-refractivity contribution is 0.454. The molecular formula is C12H12FN3OS. The van der Waals surface area contributed by atoms with Crippen LogP contribution in [0.3, 0.4) is 0 Å². The molecule has 0 aliphatic carbocycles. The first kappa shape index (κ1) is 12.6. The lowest BCUT2D eigenvalue weighted by Crippen LogP contribution is -1.98. The molecule has 2 aromatic rings. The maximum absolute atomic E-state index is 12.8. The second-order valence-electron chi connectivity index (χ2n) is 3.38. The van der Waals surface area contributed by atoms with Gasteiger partial charge in [-0.15, -0.1) is 0 Å². The van der Waals surface area contributed by atoms with Gasteiger partial charge < -0.3 is 10.1 Å². The Balaban J connectivity index is 2.25. The van der Waals surface area contributed by atoms with Crippen LogP contribution >= 0.6 is 11.8 Å². The molecule has 0 saturated heterocycles. The molecule has 1 aromatic carbocycles. The zero-order chi connectivity index (χ0) is 13.0. The van der Waals surface area contributed by atoms with Crippen molar-refractivity contribution in [3.63, 3.8) is 0 Å². The van der Waals surface area contributed by atoms with Crippen LogP contribution in [0.1, 0.15) is 0 Å². The van der Waals surface area contributed by atoms with E-state index in [-0.39, 0.29) is 5.82 Å². The zero-order valence-corrected chi connectivity index (χ0v) is 10.8. The normalized spacial score (nSPS) is 10.2. The molecule has 0 amide bonds. The molecule has 0 radical (unpaired) electrons. The largest absolute Gasteiger partial charge is 0.439 e. The Labute approximate surface area is 109 Å². The minimum absolute atomic E-state index is 0.300. The van der Waals surface area contributed by atoms with Crippen LogP contribution < -0.4 is 10.1 Å². The SMILES string of the molecule is CNc1cc(Oc2ccc(F)cc2)nc(SC)n1. The van der Waals surface area contributed by atoms with E-state index < -0.39 is 0 Å². The minimum Gasteiger partial charge on any atom is -0.439 e. The van der Waals surface area contributed by atoms with Crippen LogP contribution in [0.2, 0.25) is 0 Å². The molecule has 1 aromatic heterocycles. The smallest absolute Gasteiger partial charge is 0.225 e. The quantitative estimate of drug-likeness (QED) is 0.679. The van der Waals surface area contributed by atoms with Crippen molar-refractivity contribution in [1.29, 1.82) is 0 Å². The average Bonchev–Trinajstić information content (AvgIpc) is 2.41. The molecule has 2 rings (SSSR count). The van der Waals surface area contributed by atoms with Gasteiger partial charge in [-0.2, -0.15) is 4.98 Å². The van der Waals surface area contributed by atoms with Crippen LogP contribution in [0.5, 0.6) is 11.6 Å². The number of halogens is 1. The fourth-order valence-corrected chi connectivity index (χ4v) is 1.67. The highest BCUT2D eigenvalue weighted by Gasteiger charge is 2.05. The maximum Gasteiger partial charge on any atom is 0.225 e. The number of aromatic nitrogens is 2. The number of nitrogens with one attached hydrogen (secondary N) is 1. The van der Waals surface area contributed by atoms with Gasteiger partial charge in [-0.1, -0.05) is 11.8 Å². The zero-order valence-electron chi connectivity index (χ0n) is 9.98. The number of rotatable bonds is 4. The maximum atomic E-state index is 12.8. The van der Waals surface area contributed by atoms with Gasteiger partial charge in [0.05, 0.1) is 0 Å². The van der Waals surface area contributed by atoms with E-state index in [1.54, 1.807) is 25.2 Å². The molecule has 1 N–H and O–H groups in total. The van der Waals surface area contributed by atoms with Crippen LogP contribution in [0, 0.1) is 5.82 Å². The molecular weight excluding hydrogens is 253 g/mol. The summed E-state index contributed by atoms with van der Waals surface area (Å²) in [6.07, 6.45) is 1.89. The molecule has 0 aliphatic heterocycles. The number of hydrogen-bond acceptors (Lipinski definition) is 5. The number of anilines is 1. The first-order chi connectivity index (χ1) is 8.71. The van der Waals surface area contributed by atoms with Gasteiger partial charge in [-0.25, -0.2) is 9.37 Å². The van der Waals surface area contributed by atoms with Gasteiger partial charge in [0, 0.05) is 13.1 Å². The third-order valence-corrected chi connectivity index (χ3v) is 2.70. The predicted molar refractivity (Wildman–Crippen MR) is 69.8 cm³/mol. The van der Waals surface area contributed by atoms with E-state index in [4.69, 9.17) is 4.74 Å². The Hall–Kier alpha value is -1.82. The van der Waals surface area contributed by atoms with E-state index in [1.165, 1.54) is 23.9 Å². The summed E-state index contributed by atoms with van der Waals surface area (Å²) in [5.74, 6) is 1.33. The highest BCUT2D eigenvalue weighted by atomic mass is 32.2. The summed E-state index contributed by atoms with van der Waals surface area (Å²) in [6.45, 7) is 0. The van der Waals surface area contributed by atoms with Crippen LogP contribution in [0.25, 0.3) is 0 Å². The number of hydrogen-bond donors (Lipinski definition) is 1. The molecule has 94 valence electrons. The third-order valence-electron chi connectivity index (χ3n) is 2.16. The van der Waals surface area contributed by atoms with E-state index in [9.17, 15) is 4.39 Å². The van der Waals surface area contributed by atoms with Crippen LogP contribution in [-0.4, -0.2) is 23.3 Å². The van der Waals surface area contributed by atoms with Gasteiger partial charge in [-0.05, 0) is 30.5 Å². The monoisotopic (exact) mass is 265 g/mol. The summed E-state index contributed by atoms with van der Waals surface area (Å²) in [7, 11) is 1.77. The highest BCUT2D eigenvalue weighted by molar-refractivity contribution is 7.98. The minimum atomic E-state index is -0.300. The summed E-state index contributed by atoms with van der Waals surface area (Å²) in [6, 6.07) is 7.46. The molecule has 0 saturated carbocycles. The van der Waals surface area contributed by atoms with E-state index in [2.05, 4.69) is 15.3 Å². The van der Waals surface area contributed by atoms with Crippen LogP contribution in [-0.2, 0) is 0 Å². The van der Waals surface area contributed by atoms with Gasteiger partial charge in [0.1, 0.15) is 17.4 Å². The van der Waals surface area contributed by atoms with Gasteiger partial charge in [0.2, 0.25) is 5.88 Å². The van der Waals surface area contributed by atoms with Crippen molar-refractivity contribution < 1.29 is 9.13 Å². The molecule has 0 fully saturated rings. The van der Waals surface area contributed by atoms with Gasteiger partial charge >= 0.3 is 0 Å². The highest BCUT2D eigenvalue weighted by Crippen LogP contribution is 2.24. The first-order valence-corrected chi connectivity index (χ1v) is 6.48. The summed E-state index contributed by atoms with van der Waals surface area (Å²) in [5, 5.41) is 3.54. The molecule has 1 heterocycles. The lowest BCUT2D eigenvalue weighted by atomic mass is 10.3. The molecule has 6 heteroatoms. The standard InChI is InChI=1S/C12H12FN3OS/c1-14-10-7-11(16-12(15-10)18-2)17-9-5-3-8(13)4-6-9/h3-7H,1-2H3,(H,14,15,16). The topological polar surface area (TPSA) is 47.0 Å². The summed E-state index contributed by atoms with van der Waals surface area (Å²) >= 11 is 1.42. The third kappa shape index (κ3) is 3.10. The fourth-order valence-electron chi connectivity index (χ4n) is 1.30. The van der Waals surface area contributed by atoms with Crippen molar-refractivity contribution in [1.82, 2.24) is 9.97 Å². The Kier molecular flexibility index (Phi) is 3.99. The van der Waals surface area contributed by atoms with Gasteiger partial charge in [-0.3, -0.25) is 0 Å². The van der Waals surface area contributed by atoms with E-state index in [1.807, 2.05) is 6.26 Å². The van der Waals surface area contributed by atoms with Crippen molar-refractivity contribution in [2.75, 3.05) is 18.6 Å². The predicted octanol–water partition coefficient (Wildman–Crippen LogP) is 3.17. The molecule has 18 heavy (non-hydrogen) atoms.